The summed E-state index contributed by atoms with van der Waals surface area (Å²) < 4.78 is 37.0. The van der Waals surface area contributed by atoms with Crippen LogP contribution in [0.2, 0.25) is 5.02 Å². The van der Waals surface area contributed by atoms with Crippen molar-refractivity contribution in [3.8, 4) is 11.3 Å². The van der Waals surface area contributed by atoms with Crippen molar-refractivity contribution in [3.05, 3.63) is 40.1 Å². The quantitative estimate of drug-likeness (QED) is 0.628. The third-order valence-electron chi connectivity index (χ3n) is 2.53. The summed E-state index contributed by atoms with van der Waals surface area (Å²) in [6, 6.07) is 2.05. The molecule has 0 radical (unpaired) electrons. The van der Waals surface area contributed by atoms with E-state index < -0.39 is 23.2 Å². The van der Waals surface area contributed by atoms with Gasteiger partial charge in [-0.25, -0.2) is 13.6 Å². The molecule has 2 rings (SSSR count). The van der Waals surface area contributed by atoms with E-state index in [0.29, 0.717) is 0 Å². The molecule has 0 amide bonds. The van der Waals surface area contributed by atoms with Crippen molar-refractivity contribution in [1.82, 2.24) is 5.16 Å². The number of hydrogen-bond acceptors (Lipinski definition) is 4. The van der Waals surface area contributed by atoms with Crippen LogP contribution in [0, 0.1) is 18.6 Å². The number of esters is 1. The van der Waals surface area contributed by atoms with E-state index in [1.807, 2.05) is 0 Å². The van der Waals surface area contributed by atoms with E-state index in [9.17, 15) is 13.6 Å². The lowest BCUT2D eigenvalue weighted by Gasteiger charge is -2.05. The van der Waals surface area contributed by atoms with Crippen LogP contribution in [-0.4, -0.2) is 18.2 Å². The smallest absolute Gasteiger partial charge is 0.343 e. The van der Waals surface area contributed by atoms with Gasteiger partial charge in [0.15, 0.2) is 5.82 Å². The van der Waals surface area contributed by atoms with Crippen LogP contribution < -0.4 is 0 Å². The van der Waals surface area contributed by atoms with Crippen LogP contribution in [0.1, 0.15) is 16.1 Å². The monoisotopic (exact) mass is 287 g/mol. The summed E-state index contributed by atoms with van der Waals surface area (Å²) in [6.07, 6.45) is 0. The molecular weight excluding hydrogens is 280 g/mol. The van der Waals surface area contributed by atoms with Gasteiger partial charge in [0.2, 0.25) is 0 Å². The first-order valence-electron chi connectivity index (χ1n) is 5.15. The van der Waals surface area contributed by atoms with Gasteiger partial charge < -0.3 is 9.26 Å². The van der Waals surface area contributed by atoms with E-state index in [0.717, 1.165) is 19.2 Å². The van der Waals surface area contributed by atoms with E-state index in [-0.39, 0.29) is 22.0 Å². The second-order valence-electron chi connectivity index (χ2n) is 3.67. The third-order valence-corrected chi connectivity index (χ3v) is 2.82. The highest BCUT2D eigenvalue weighted by Crippen LogP contribution is 2.33. The van der Waals surface area contributed by atoms with Gasteiger partial charge in [0.25, 0.3) is 0 Å². The zero-order valence-corrected chi connectivity index (χ0v) is 10.7. The van der Waals surface area contributed by atoms with Gasteiger partial charge in [-0.05, 0) is 19.1 Å². The maximum Gasteiger partial charge on any atom is 0.343 e. The molecule has 0 N–H and O–H groups in total. The predicted molar refractivity (Wildman–Crippen MR) is 62.9 cm³/mol. The number of aryl methyl sites for hydroxylation is 1. The highest BCUT2D eigenvalue weighted by Gasteiger charge is 2.27. The number of benzene rings is 1. The van der Waals surface area contributed by atoms with E-state index in [1.165, 1.54) is 6.92 Å². The molecule has 1 heterocycles. The molecule has 0 saturated carbocycles. The first-order chi connectivity index (χ1) is 8.97. The van der Waals surface area contributed by atoms with Crippen LogP contribution in [0.4, 0.5) is 8.78 Å². The molecule has 0 unspecified atom stereocenters. The fourth-order valence-electron chi connectivity index (χ4n) is 1.63. The molecule has 0 spiro atoms. The molecule has 0 atom stereocenters. The topological polar surface area (TPSA) is 52.3 Å². The number of ether oxygens (including phenoxy) is 1. The minimum Gasteiger partial charge on any atom is -0.465 e. The van der Waals surface area contributed by atoms with Crippen molar-refractivity contribution >= 4 is 17.6 Å². The average molecular weight is 288 g/mol. The molecule has 0 saturated heterocycles. The molecular formula is C12H8ClF2NO3. The van der Waals surface area contributed by atoms with E-state index in [4.69, 9.17) is 16.1 Å². The lowest BCUT2D eigenvalue weighted by atomic mass is 10.1. The maximum atomic E-state index is 13.9. The van der Waals surface area contributed by atoms with Crippen molar-refractivity contribution in [1.29, 1.82) is 0 Å². The summed E-state index contributed by atoms with van der Waals surface area (Å²) in [7, 11) is 1.14. The predicted octanol–water partition coefficient (Wildman–Crippen LogP) is 3.37. The molecule has 0 aliphatic heterocycles. The molecule has 4 nitrogen and oxygen atoms in total. The fourth-order valence-corrected chi connectivity index (χ4v) is 1.79. The Morgan fingerprint density at radius 1 is 1.42 bits per heavy atom. The number of hydrogen-bond donors (Lipinski definition) is 0. The summed E-state index contributed by atoms with van der Waals surface area (Å²) >= 11 is 5.59. The average Bonchev–Trinajstić information content (AvgIpc) is 2.75. The highest BCUT2D eigenvalue weighted by atomic mass is 35.5. The molecule has 0 fully saturated rings. The molecule has 0 bridgehead atoms. The van der Waals surface area contributed by atoms with Crippen LogP contribution in [-0.2, 0) is 4.74 Å². The number of carbonyl (C=O) groups is 1. The Hall–Kier alpha value is -1.95. The summed E-state index contributed by atoms with van der Waals surface area (Å²) in [4.78, 5) is 11.6. The lowest BCUT2D eigenvalue weighted by Crippen LogP contribution is -2.05. The van der Waals surface area contributed by atoms with Crippen LogP contribution >= 0.6 is 11.6 Å². The SMILES string of the molecule is COC(=O)c1c(-c2c(F)ccc(Cl)c2F)noc1C. The van der Waals surface area contributed by atoms with Crippen LogP contribution in [0.15, 0.2) is 16.7 Å². The van der Waals surface area contributed by atoms with Crippen LogP contribution in [0.3, 0.4) is 0 Å². The van der Waals surface area contributed by atoms with Gasteiger partial charge in [-0.3, -0.25) is 0 Å². The number of carbonyl (C=O) groups excluding carboxylic acids is 1. The van der Waals surface area contributed by atoms with Gasteiger partial charge >= 0.3 is 5.97 Å². The van der Waals surface area contributed by atoms with Gasteiger partial charge in [0, 0.05) is 0 Å². The minimum atomic E-state index is -1.01. The maximum absolute atomic E-state index is 13.9. The summed E-state index contributed by atoms with van der Waals surface area (Å²) in [6.45, 7) is 1.43. The molecule has 1 aromatic carbocycles. The Morgan fingerprint density at radius 2 is 2.11 bits per heavy atom. The van der Waals surface area contributed by atoms with Crippen molar-refractivity contribution in [2.45, 2.75) is 6.92 Å². The van der Waals surface area contributed by atoms with Gasteiger partial charge in [-0.2, -0.15) is 0 Å². The zero-order chi connectivity index (χ0) is 14.2. The number of halogens is 3. The molecule has 0 aliphatic rings. The van der Waals surface area contributed by atoms with Gasteiger partial charge in [-0.15, -0.1) is 0 Å². The Morgan fingerprint density at radius 3 is 2.74 bits per heavy atom. The normalized spacial score (nSPS) is 10.6. The number of methoxy groups -OCH3 is 1. The molecule has 19 heavy (non-hydrogen) atoms. The molecule has 1 aromatic heterocycles. The zero-order valence-electron chi connectivity index (χ0n) is 9.96. The first kappa shape index (κ1) is 13.5. The molecule has 7 heteroatoms. The van der Waals surface area contributed by atoms with Crippen LogP contribution in [0.5, 0.6) is 0 Å². The van der Waals surface area contributed by atoms with Gasteiger partial charge in [0.05, 0.1) is 17.7 Å². The first-order valence-corrected chi connectivity index (χ1v) is 5.53. The Kier molecular flexibility index (Phi) is 3.53. The Bertz CT molecular complexity index is 655. The standard InChI is InChI=1S/C12H8ClF2NO3/c1-5-8(12(17)18-2)11(16-19-5)9-7(14)4-3-6(13)10(9)15/h3-4H,1-2H3. The number of rotatable bonds is 2. The summed E-state index contributed by atoms with van der Waals surface area (Å²) in [5, 5.41) is 3.22. The van der Waals surface area contributed by atoms with Gasteiger partial charge in [0.1, 0.15) is 22.8 Å². The van der Waals surface area contributed by atoms with Crippen molar-refractivity contribution in [2.24, 2.45) is 0 Å². The van der Waals surface area contributed by atoms with Gasteiger partial charge in [-0.1, -0.05) is 16.8 Å². The van der Waals surface area contributed by atoms with Crippen LogP contribution in [0.25, 0.3) is 11.3 Å². The van der Waals surface area contributed by atoms with E-state index in [2.05, 4.69) is 9.89 Å². The third kappa shape index (κ3) is 2.19. The largest absolute Gasteiger partial charge is 0.465 e. The summed E-state index contributed by atoms with van der Waals surface area (Å²) in [5.74, 6) is -2.62. The van der Waals surface area contributed by atoms with E-state index in [1.54, 1.807) is 0 Å². The summed E-state index contributed by atoms with van der Waals surface area (Å²) in [5.41, 5.74) is -0.936. The van der Waals surface area contributed by atoms with Crippen molar-refractivity contribution in [2.75, 3.05) is 7.11 Å². The number of aromatic nitrogens is 1. The van der Waals surface area contributed by atoms with Crippen molar-refractivity contribution < 1.29 is 22.8 Å². The molecule has 100 valence electrons. The Labute approximate surface area is 111 Å². The second kappa shape index (κ2) is 4.97. The molecule has 2 aromatic rings. The van der Waals surface area contributed by atoms with Crippen molar-refractivity contribution in [3.63, 3.8) is 0 Å². The Balaban J connectivity index is 2.74. The minimum absolute atomic E-state index is 0.0978. The highest BCUT2D eigenvalue weighted by molar-refractivity contribution is 6.31. The second-order valence-corrected chi connectivity index (χ2v) is 4.08. The van der Waals surface area contributed by atoms with E-state index >= 15 is 0 Å². The fraction of sp³-hybridized carbons (Fsp3) is 0.167. The molecule has 0 aliphatic carbocycles. The lowest BCUT2D eigenvalue weighted by molar-refractivity contribution is 0.0599. The number of nitrogens with zero attached hydrogens (tertiary/aromatic N) is 1.